The molecule has 5 nitrogen and oxygen atoms in total. The Hall–Kier alpha value is -1.59. The third kappa shape index (κ3) is 4.21. The standard InChI is InChI=1S/C15H23N3O2/c1-12(13-4-3-5-14(10-13)20-2)17-15(19)11-18-8-6-16-7-9-18/h3-5,10,12,16H,6-9,11H2,1-2H3,(H,17,19)/t12-/m0/s1. The van der Waals surface area contributed by atoms with Gasteiger partial charge < -0.3 is 15.4 Å². The number of piperazine rings is 1. The molecule has 110 valence electrons. The first-order valence-electron chi connectivity index (χ1n) is 7.05. The molecule has 0 bridgehead atoms. The third-order valence-electron chi connectivity index (χ3n) is 3.55. The molecule has 1 fully saturated rings. The van der Waals surface area contributed by atoms with E-state index >= 15 is 0 Å². The first-order valence-corrected chi connectivity index (χ1v) is 7.05. The van der Waals surface area contributed by atoms with E-state index in [0.717, 1.165) is 37.5 Å². The van der Waals surface area contributed by atoms with Crippen LogP contribution in [0.25, 0.3) is 0 Å². The molecule has 1 amide bonds. The van der Waals surface area contributed by atoms with Gasteiger partial charge >= 0.3 is 0 Å². The van der Waals surface area contributed by atoms with Crippen LogP contribution >= 0.6 is 0 Å². The quantitative estimate of drug-likeness (QED) is 0.835. The maximum Gasteiger partial charge on any atom is 0.234 e. The average Bonchev–Trinajstić information content (AvgIpc) is 2.48. The first kappa shape index (κ1) is 14.8. The van der Waals surface area contributed by atoms with E-state index in [-0.39, 0.29) is 11.9 Å². The number of carbonyl (C=O) groups excluding carboxylic acids is 1. The molecule has 2 N–H and O–H groups in total. The number of benzene rings is 1. The molecule has 2 rings (SSSR count). The lowest BCUT2D eigenvalue weighted by atomic mass is 10.1. The minimum absolute atomic E-state index is 0.0134. The van der Waals surface area contributed by atoms with Gasteiger partial charge in [-0.05, 0) is 24.6 Å². The van der Waals surface area contributed by atoms with Gasteiger partial charge in [0.25, 0.3) is 0 Å². The van der Waals surface area contributed by atoms with Crippen molar-refractivity contribution in [1.82, 2.24) is 15.5 Å². The van der Waals surface area contributed by atoms with Gasteiger partial charge in [-0.1, -0.05) is 12.1 Å². The van der Waals surface area contributed by atoms with E-state index in [1.54, 1.807) is 7.11 Å². The molecule has 0 spiro atoms. The summed E-state index contributed by atoms with van der Waals surface area (Å²) in [4.78, 5) is 14.2. The summed E-state index contributed by atoms with van der Waals surface area (Å²) in [6.07, 6.45) is 0. The van der Waals surface area contributed by atoms with Crippen LogP contribution in [0.2, 0.25) is 0 Å². The minimum Gasteiger partial charge on any atom is -0.497 e. The van der Waals surface area contributed by atoms with E-state index in [0.29, 0.717) is 6.54 Å². The molecular formula is C15H23N3O2. The summed E-state index contributed by atoms with van der Waals surface area (Å²) in [5.41, 5.74) is 1.05. The maximum absolute atomic E-state index is 12.0. The second-order valence-electron chi connectivity index (χ2n) is 5.09. The zero-order valence-corrected chi connectivity index (χ0v) is 12.2. The van der Waals surface area contributed by atoms with Gasteiger partial charge in [0.1, 0.15) is 5.75 Å². The van der Waals surface area contributed by atoms with E-state index in [1.807, 2.05) is 31.2 Å². The lowest BCUT2D eigenvalue weighted by Gasteiger charge is -2.27. The number of methoxy groups -OCH3 is 1. The molecule has 0 radical (unpaired) electrons. The Balaban J connectivity index is 1.86. The lowest BCUT2D eigenvalue weighted by Crippen LogP contribution is -2.47. The van der Waals surface area contributed by atoms with Crippen molar-refractivity contribution in [2.45, 2.75) is 13.0 Å². The molecule has 20 heavy (non-hydrogen) atoms. The van der Waals surface area contributed by atoms with Gasteiger partial charge in [-0.15, -0.1) is 0 Å². The molecule has 5 heteroatoms. The summed E-state index contributed by atoms with van der Waals surface area (Å²) in [7, 11) is 1.65. The molecule has 1 heterocycles. The number of rotatable bonds is 5. The van der Waals surface area contributed by atoms with Gasteiger partial charge in [0.15, 0.2) is 0 Å². The number of hydrogen-bond donors (Lipinski definition) is 2. The van der Waals surface area contributed by atoms with Crippen LogP contribution in [0.4, 0.5) is 0 Å². The van der Waals surface area contributed by atoms with Gasteiger partial charge in [0, 0.05) is 26.2 Å². The van der Waals surface area contributed by atoms with Crippen LogP contribution in [0.5, 0.6) is 5.75 Å². The predicted molar refractivity (Wildman–Crippen MR) is 78.9 cm³/mol. The molecule has 1 aliphatic rings. The summed E-state index contributed by atoms with van der Waals surface area (Å²) < 4.78 is 5.20. The highest BCUT2D eigenvalue weighted by atomic mass is 16.5. The molecule has 0 unspecified atom stereocenters. The van der Waals surface area contributed by atoms with E-state index < -0.39 is 0 Å². The number of hydrogen-bond acceptors (Lipinski definition) is 4. The minimum atomic E-state index is -0.0134. The molecule has 1 saturated heterocycles. The molecule has 0 aliphatic carbocycles. The second-order valence-corrected chi connectivity index (χ2v) is 5.09. The largest absolute Gasteiger partial charge is 0.497 e. The Morgan fingerprint density at radius 2 is 2.20 bits per heavy atom. The van der Waals surface area contributed by atoms with E-state index in [2.05, 4.69) is 15.5 Å². The van der Waals surface area contributed by atoms with Crippen molar-refractivity contribution in [2.75, 3.05) is 39.8 Å². The number of carbonyl (C=O) groups is 1. The number of ether oxygens (including phenoxy) is 1. The van der Waals surface area contributed by atoms with Gasteiger partial charge in [-0.2, -0.15) is 0 Å². The second kappa shape index (κ2) is 7.26. The molecule has 0 aromatic heterocycles. The SMILES string of the molecule is COc1cccc([C@H](C)NC(=O)CN2CCNCC2)c1. The zero-order chi connectivity index (χ0) is 14.4. The van der Waals surface area contributed by atoms with Crippen LogP contribution in [0.1, 0.15) is 18.5 Å². The Morgan fingerprint density at radius 1 is 1.45 bits per heavy atom. The zero-order valence-electron chi connectivity index (χ0n) is 12.2. The van der Waals surface area contributed by atoms with Crippen molar-refractivity contribution in [1.29, 1.82) is 0 Å². The number of nitrogens with one attached hydrogen (secondary N) is 2. The average molecular weight is 277 g/mol. The highest BCUT2D eigenvalue weighted by Gasteiger charge is 2.15. The predicted octanol–water partition coefficient (Wildman–Crippen LogP) is 0.778. The summed E-state index contributed by atoms with van der Waals surface area (Å²) in [6, 6.07) is 7.78. The lowest BCUT2D eigenvalue weighted by molar-refractivity contribution is -0.123. The normalized spacial score (nSPS) is 17.5. The van der Waals surface area contributed by atoms with Crippen LogP contribution < -0.4 is 15.4 Å². The number of amides is 1. The van der Waals surface area contributed by atoms with Gasteiger partial charge in [0.2, 0.25) is 5.91 Å². The number of nitrogens with zero attached hydrogens (tertiary/aromatic N) is 1. The molecule has 0 saturated carbocycles. The topological polar surface area (TPSA) is 53.6 Å². The molecular weight excluding hydrogens is 254 g/mol. The van der Waals surface area contributed by atoms with Crippen molar-refractivity contribution in [2.24, 2.45) is 0 Å². The van der Waals surface area contributed by atoms with Crippen molar-refractivity contribution < 1.29 is 9.53 Å². The van der Waals surface area contributed by atoms with Gasteiger partial charge in [-0.3, -0.25) is 9.69 Å². The molecule has 1 aliphatic heterocycles. The Kier molecular flexibility index (Phi) is 5.38. The third-order valence-corrected chi connectivity index (χ3v) is 3.55. The Morgan fingerprint density at radius 3 is 2.90 bits per heavy atom. The highest BCUT2D eigenvalue weighted by molar-refractivity contribution is 5.78. The van der Waals surface area contributed by atoms with Crippen LogP contribution in [-0.2, 0) is 4.79 Å². The van der Waals surface area contributed by atoms with E-state index in [4.69, 9.17) is 4.74 Å². The molecule has 1 aromatic carbocycles. The Labute approximate surface area is 120 Å². The Bertz CT molecular complexity index is 444. The summed E-state index contributed by atoms with van der Waals surface area (Å²) in [5.74, 6) is 0.882. The smallest absolute Gasteiger partial charge is 0.234 e. The van der Waals surface area contributed by atoms with Crippen molar-refractivity contribution in [3.05, 3.63) is 29.8 Å². The van der Waals surface area contributed by atoms with Crippen LogP contribution in [0, 0.1) is 0 Å². The molecule has 1 atom stereocenters. The molecule has 1 aromatic rings. The fourth-order valence-corrected chi connectivity index (χ4v) is 2.35. The van der Waals surface area contributed by atoms with Gasteiger partial charge in [0.05, 0.1) is 19.7 Å². The van der Waals surface area contributed by atoms with Gasteiger partial charge in [-0.25, -0.2) is 0 Å². The summed E-state index contributed by atoms with van der Waals surface area (Å²) in [5, 5.41) is 6.32. The highest BCUT2D eigenvalue weighted by Crippen LogP contribution is 2.18. The van der Waals surface area contributed by atoms with Crippen LogP contribution in [-0.4, -0.2) is 50.6 Å². The summed E-state index contributed by atoms with van der Waals surface area (Å²) in [6.45, 7) is 6.24. The van der Waals surface area contributed by atoms with Crippen molar-refractivity contribution >= 4 is 5.91 Å². The fourth-order valence-electron chi connectivity index (χ4n) is 2.35. The maximum atomic E-state index is 12.0. The van der Waals surface area contributed by atoms with E-state index in [9.17, 15) is 4.79 Å². The fraction of sp³-hybridized carbons (Fsp3) is 0.533. The monoisotopic (exact) mass is 277 g/mol. The van der Waals surface area contributed by atoms with Crippen molar-refractivity contribution in [3.8, 4) is 5.75 Å². The van der Waals surface area contributed by atoms with E-state index in [1.165, 1.54) is 0 Å². The van der Waals surface area contributed by atoms with Crippen molar-refractivity contribution in [3.63, 3.8) is 0 Å². The first-order chi connectivity index (χ1) is 9.69. The van der Waals surface area contributed by atoms with Crippen LogP contribution in [0.3, 0.4) is 0 Å². The summed E-state index contributed by atoms with van der Waals surface area (Å²) >= 11 is 0. The van der Waals surface area contributed by atoms with Crippen LogP contribution in [0.15, 0.2) is 24.3 Å².